The molecule has 7 heteroatoms. The van der Waals surface area contributed by atoms with Crippen LogP contribution >= 0.6 is 34.5 Å². The lowest BCUT2D eigenvalue weighted by atomic mass is 10.3. The van der Waals surface area contributed by atoms with Crippen molar-refractivity contribution in [3.63, 3.8) is 0 Å². The fraction of sp³-hybridized carbons (Fsp3) is 0.412. The third kappa shape index (κ3) is 4.28. The lowest BCUT2D eigenvalue weighted by Gasteiger charge is -2.21. The smallest absolute Gasteiger partial charge is 0.256 e. The topological polar surface area (TPSA) is 36.4 Å². The molecule has 0 aliphatic carbocycles. The van der Waals surface area contributed by atoms with E-state index in [4.69, 9.17) is 23.2 Å². The van der Waals surface area contributed by atoms with Gasteiger partial charge < -0.3 is 4.90 Å². The average molecular weight is 384 g/mol. The van der Waals surface area contributed by atoms with Crippen LogP contribution in [0.4, 0.5) is 0 Å². The summed E-state index contributed by atoms with van der Waals surface area (Å²) in [6.07, 6.45) is 0.938. The van der Waals surface area contributed by atoms with Gasteiger partial charge in [0.1, 0.15) is 4.34 Å². The number of thiophene rings is 1. The summed E-state index contributed by atoms with van der Waals surface area (Å²) in [7, 11) is 0. The second-order valence-corrected chi connectivity index (χ2v) is 8.22. The average Bonchev–Trinajstić information content (AvgIpc) is 2.73. The third-order valence-corrected chi connectivity index (χ3v) is 5.58. The molecule has 128 valence electrons. The lowest BCUT2D eigenvalue weighted by Crippen LogP contribution is -2.35. The van der Waals surface area contributed by atoms with Crippen molar-refractivity contribution < 1.29 is 4.79 Å². The third-order valence-electron chi connectivity index (χ3n) is 4.09. The quantitative estimate of drug-likeness (QED) is 0.799. The van der Waals surface area contributed by atoms with Gasteiger partial charge in [-0.2, -0.15) is 0 Å². The Bertz CT molecular complexity index is 734. The Morgan fingerprint density at radius 3 is 2.79 bits per heavy atom. The molecule has 0 atom stereocenters. The van der Waals surface area contributed by atoms with Gasteiger partial charge >= 0.3 is 0 Å². The number of aromatic nitrogens is 1. The molecule has 3 heterocycles. The van der Waals surface area contributed by atoms with E-state index >= 15 is 0 Å². The highest BCUT2D eigenvalue weighted by Gasteiger charge is 2.23. The number of halogens is 2. The minimum Gasteiger partial charge on any atom is -0.337 e. The molecule has 0 bridgehead atoms. The van der Waals surface area contributed by atoms with Crippen LogP contribution in [0.15, 0.2) is 24.3 Å². The molecule has 1 aliphatic rings. The van der Waals surface area contributed by atoms with E-state index in [1.54, 1.807) is 6.07 Å². The first-order valence-corrected chi connectivity index (χ1v) is 9.49. The van der Waals surface area contributed by atoms with Crippen molar-refractivity contribution in [2.75, 3.05) is 26.2 Å². The molecule has 1 fully saturated rings. The van der Waals surface area contributed by atoms with Crippen LogP contribution in [0.1, 0.15) is 28.2 Å². The molecule has 4 nitrogen and oxygen atoms in total. The first kappa shape index (κ1) is 17.7. The molecule has 0 unspecified atom stereocenters. The van der Waals surface area contributed by atoms with E-state index in [-0.39, 0.29) is 5.91 Å². The van der Waals surface area contributed by atoms with Crippen molar-refractivity contribution in [3.8, 4) is 0 Å². The van der Waals surface area contributed by atoms with Crippen LogP contribution in [-0.4, -0.2) is 46.9 Å². The largest absolute Gasteiger partial charge is 0.337 e. The van der Waals surface area contributed by atoms with Gasteiger partial charge in [-0.1, -0.05) is 29.3 Å². The van der Waals surface area contributed by atoms with Crippen LogP contribution in [0, 0.1) is 6.92 Å². The molecular formula is C17H19Cl2N3OS. The van der Waals surface area contributed by atoms with Crippen LogP contribution in [0.25, 0.3) is 0 Å². The summed E-state index contributed by atoms with van der Waals surface area (Å²) in [5.41, 5.74) is 2.62. The molecule has 2 aromatic heterocycles. The fourth-order valence-corrected chi connectivity index (χ4v) is 4.35. The second-order valence-electron chi connectivity index (χ2n) is 5.93. The van der Waals surface area contributed by atoms with Gasteiger partial charge in [0.2, 0.25) is 0 Å². The normalized spacial score (nSPS) is 16.2. The molecule has 0 radical (unpaired) electrons. The number of pyridine rings is 1. The monoisotopic (exact) mass is 383 g/mol. The molecular weight excluding hydrogens is 365 g/mol. The van der Waals surface area contributed by atoms with Gasteiger partial charge in [-0.25, -0.2) is 0 Å². The van der Waals surface area contributed by atoms with Crippen molar-refractivity contribution in [2.45, 2.75) is 19.9 Å². The van der Waals surface area contributed by atoms with Gasteiger partial charge in [-0.05, 0) is 31.5 Å². The van der Waals surface area contributed by atoms with Crippen LogP contribution in [0.3, 0.4) is 0 Å². The second kappa shape index (κ2) is 7.83. The van der Waals surface area contributed by atoms with Crippen molar-refractivity contribution in [1.82, 2.24) is 14.8 Å². The number of nitrogens with zero attached hydrogens (tertiary/aromatic N) is 3. The van der Waals surface area contributed by atoms with Crippen LogP contribution < -0.4 is 0 Å². The number of hydrogen-bond acceptors (Lipinski definition) is 4. The number of carbonyl (C=O) groups excluding carboxylic acids is 1. The zero-order valence-electron chi connectivity index (χ0n) is 13.5. The molecule has 1 amide bonds. The molecule has 1 saturated heterocycles. The maximum absolute atomic E-state index is 12.7. The summed E-state index contributed by atoms with van der Waals surface area (Å²) in [5, 5.41) is 0. The SMILES string of the molecule is Cc1cccc(CN2CCCN(C(=O)c3cc(Cl)sc3Cl)CC2)n1. The predicted octanol–water partition coefficient (Wildman–Crippen LogP) is 4.11. The summed E-state index contributed by atoms with van der Waals surface area (Å²) in [4.78, 5) is 21.4. The summed E-state index contributed by atoms with van der Waals surface area (Å²) < 4.78 is 1.01. The Balaban J connectivity index is 1.62. The van der Waals surface area contributed by atoms with Crippen molar-refractivity contribution in [2.24, 2.45) is 0 Å². The zero-order valence-corrected chi connectivity index (χ0v) is 15.8. The first-order valence-electron chi connectivity index (χ1n) is 7.92. The molecule has 0 N–H and O–H groups in total. The summed E-state index contributed by atoms with van der Waals surface area (Å²) in [6, 6.07) is 7.75. The molecule has 0 aromatic carbocycles. The van der Waals surface area contributed by atoms with Crippen molar-refractivity contribution in [1.29, 1.82) is 0 Å². The van der Waals surface area contributed by atoms with Crippen LogP contribution in [0.2, 0.25) is 8.67 Å². The fourth-order valence-electron chi connectivity index (χ4n) is 2.91. The van der Waals surface area contributed by atoms with E-state index in [0.717, 1.165) is 44.0 Å². The summed E-state index contributed by atoms with van der Waals surface area (Å²) >= 11 is 13.3. The molecule has 0 spiro atoms. The highest BCUT2D eigenvalue weighted by Crippen LogP contribution is 2.32. The molecule has 3 rings (SSSR count). The van der Waals surface area contributed by atoms with E-state index in [1.807, 2.05) is 30.0 Å². The van der Waals surface area contributed by atoms with Gasteiger partial charge in [-0.15, -0.1) is 11.3 Å². The Hall–Kier alpha value is -1.14. The number of carbonyl (C=O) groups is 1. The summed E-state index contributed by atoms with van der Waals surface area (Å²) in [5.74, 6) is -0.0290. The minimum atomic E-state index is -0.0290. The molecule has 1 aliphatic heterocycles. The Morgan fingerprint density at radius 1 is 1.25 bits per heavy atom. The van der Waals surface area contributed by atoms with Gasteiger partial charge in [0.25, 0.3) is 5.91 Å². The van der Waals surface area contributed by atoms with E-state index in [0.29, 0.717) is 20.8 Å². The van der Waals surface area contributed by atoms with Gasteiger partial charge in [0.15, 0.2) is 0 Å². The van der Waals surface area contributed by atoms with Crippen molar-refractivity contribution in [3.05, 3.63) is 49.9 Å². The van der Waals surface area contributed by atoms with Gasteiger partial charge in [0, 0.05) is 38.4 Å². The Labute approximate surface area is 156 Å². The molecule has 24 heavy (non-hydrogen) atoms. The van der Waals surface area contributed by atoms with Crippen molar-refractivity contribution >= 4 is 40.4 Å². The first-order chi connectivity index (χ1) is 11.5. The Morgan fingerprint density at radius 2 is 2.08 bits per heavy atom. The van der Waals surface area contributed by atoms with E-state index in [1.165, 1.54) is 11.3 Å². The lowest BCUT2D eigenvalue weighted by molar-refractivity contribution is 0.0762. The zero-order chi connectivity index (χ0) is 17.1. The van der Waals surface area contributed by atoms with E-state index in [2.05, 4.69) is 9.88 Å². The maximum atomic E-state index is 12.7. The number of amides is 1. The molecule has 0 saturated carbocycles. The highest BCUT2D eigenvalue weighted by atomic mass is 35.5. The highest BCUT2D eigenvalue weighted by molar-refractivity contribution is 7.20. The number of aryl methyl sites for hydroxylation is 1. The van der Waals surface area contributed by atoms with Gasteiger partial charge in [-0.3, -0.25) is 14.7 Å². The number of rotatable bonds is 3. The minimum absolute atomic E-state index is 0.0290. The molecule has 2 aromatic rings. The summed E-state index contributed by atoms with van der Waals surface area (Å²) in [6.45, 7) is 6.03. The maximum Gasteiger partial charge on any atom is 0.256 e. The Kier molecular flexibility index (Phi) is 5.76. The van der Waals surface area contributed by atoms with E-state index < -0.39 is 0 Å². The van der Waals surface area contributed by atoms with Crippen LogP contribution in [-0.2, 0) is 6.54 Å². The van der Waals surface area contributed by atoms with E-state index in [9.17, 15) is 4.79 Å². The standard InChI is InChI=1S/C17H19Cl2N3OS/c1-12-4-2-5-13(20-12)11-21-6-3-7-22(9-8-21)17(23)14-10-15(18)24-16(14)19/h2,4-5,10H,3,6-9,11H2,1H3. The van der Waals surface area contributed by atoms with Crippen LogP contribution in [0.5, 0.6) is 0 Å². The number of hydrogen-bond donors (Lipinski definition) is 0. The predicted molar refractivity (Wildman–Crippen MR) is 99.1 cm³/mol. The van der Waals surface area contributed by atoms with Gasteiger partial charge in [0.05, 0.1) is 15.6 Å².